The highest BCUT2D eigenvalue weighted by Crippen LogP contribution is 2.32. The Hall–Kier alpha value is -1.14. The molecule has 2 unspecified atom stereocenters. The third-order valence-corrected chi connectivity index (χ3v) is 4.20. The highest BCUT2D eigenvalue weighted by molar-refractivity contribution is 9.10. The van der Waals surface area contributed by atoms with E-state index in [4.69, 9.17) is 5.73 Å². The van der Waals surface area contributed by atoms with Crippen molar-refractivity contribution in [1.29, 1.82) is 0 Å². The number of nitrogens with zero attached hydrogens (tertiary/aromatic N) is 1. The van der Waals surface area contributed by atoms with Gasteiger partial charge in [-0.05, 0) is 37.4 Å². The van der Waals surface area contributed by atoms with Gasteiger partial charge in [-0.1, -0.05) is 28.8 Å². The fraction of sp³-hybridized carbons (Fsp3) is 0.538. The van der Waals surface area contributed by atoms with Gasteiger partial charge in [-0.15, -0.1) is 0 Å². The zero-order valence-electron chi connectivity index (χ0n) is 10.6. The van der Waals surface area contributed by atoms with Crippen LogP contribution in [0.5, 0.6) is 0 Å². The molecule has 0 aromatic heterocycles. The Morgan fingerprint density at radius 1 is 1.42 bits per heavy atom. The predicted molar refractivity (Wildman–Crippen MR) is 79.2 cm³/mol. The minimum absolute atomic E-state index is 0.115. The summed E-state index contributed by atoms with van der Waals surface area (Å²) in [7, 11) is 0. The first kappa shape index (κ1) is 14.3. The Balaban J connectivity index is 2.21. The third kappa shape index (κ3) is 3.45. The normalized spacial score (nSPS) is 23.1. The number of anilines is 1. The molecule has 1 saturated carbocycles. The molecule has 1 aliphatic carbocycles. The molecule has 3 N–H and O–H groups in total. The number of benzene rings is 1. The summed E-state index contributed by atoms with van der Waals surface area (Å²) in [6.07, 6.45) is 4.46. The molecule has 0 heterocycles. The summed E-state index contributed by atoms with van der Waals surface area (Å²) in [5.74, 6) is 0.396. The number of hydrogen-bond acceptors (Lipinski definition) is 4. The van der Waals surface area contributed by atoms with E-state index in [1.807, 2.05) is 0 Å². The van der Waals surface area contributed by atoms with Gasteiger partial charge in [0.1, 0.15) is 5.69 Å². The lowest BCUT2D eigenvalue weighted by Gasteiger charge is -2.32. The summed E-state index contributed by atoms with van der Waals surface area (Å²) in [6.45, 7) is 0.624. The molecule has 2 rings (SSSR count). The van der Waals surface area contributed by atoms with E-state index in [0.29, 0.717) is 18.2 Å². The van der Waals surface area contributed by atoms with Gasteiger partial charge < -0.3 is 11.1 Å². The standard InChI is InChI=1S/C13H18BrN3O2/c14-10-5-6-13(17(18)19)12(7-10)16-11-4-2-1-3-9(11)8-15/h5-7,9,11,16H,1-4,8,15H2. The van der Waals surface area contributed by atoms with Crippen molar-refractivity contribution in [2.24, 2.45) is 11.7 Å². The van der Waals surface area contributed by atoms with Gasteiger partial charge in [-0.25, -0.2) is 0 Å². The lowest BCUT2D eigenvalue weighted by molar-refractivity contribution is -0.384. The summed E-state index contributed by atoms with van der Waals surface area (Å²) < 4.78 is 0.834. The van der Waals surface area contributed by atoms with Gasteiger partial charge in [-0.2, -0.15) is 0 Å². The first-order valence-electron chi connectivity index (χ1n) is 6.52. The fourth-order valence-corrected chi connectivity index (χ4v) is 3.02. The molecule has 1 aromatic rings. The van der Waals surface area contributed by atoms with Crippen LogP contribution in [0.15, 0.2) is 22.7 Å². The molecule has 0 spiro atoms. The van der Waals surface area contributed by atoms with Crippen LogP contribution in [0.3, 0.4) is 0 Å². The summed E-state index contributed by atoms with van der Waals surface area (Å²) in [4.78, 5) is 10.7. The van der Waals surface area contributed by atoms with Crippen LogP contribution in [-0.2, 0) is 0 Å². The molecular weight excluding hydrogens is 310 g/mol. The molecule has 0 saturated heterocycles. The van der Waals surface area contributed by atoms with Crippen molar-refractivity contribution in [3.05, 3.63) is 32.8 Å². The van der Waals surface area contributed by atoms with Crippen molar-refractivity contribution in [2.45, 2.75) is 31.7 Å². The van der Waals surface area contributed by atoms with Gasteiger partial charge in [0.2, 0.25) is 0 Å². The molecule has 6 heteroatoms. The van der Waals surface area contributed by atoms with E-state index >= 15 is 0 Å². The van der Waals surface area contributed by atoms with Crippen molar-refractivity contribution >= 4 is 27.3 Å². The molecule has 104 valence electrons. The van der Waals surface area contributed by atoms with Gasteiger partial charge in [-0.3, -0.25) is 10.1 Å². The van der Waals surface area contributed by atoms with Crippen LogP contribution in [0, 0.1) is 16.0 Å². The molecular formula is C13H18BrN3O2. The zero-order valence-corrected chi connectivity index (χ0v) is 12.2. The Kier molecular flexibility index (Phi) is 4.76. The highest BCUT2D eigenvalue weighted by atomic mass is 79.9. The smallest absolute Gasteiger partial charge is 0.292 e. The number of nitro groups is 1. The lowest BCUT2D eigenvalue weighted by atomic mass is 9.84. The second kappa shape index (κ2) is 6.34. The molecule has 1 aromatic carbocycles. The molecule has 1 fully saturated rings. The molecule has 0 bridgehead atoms. The molecule has 0 radical (unpaired) electrons. The van der Waals surface area contributed by atoms with E-state index in [0.717, 1.165) is 23.7 Å². The monoisotopic (exact) mass is 327 g/mol. The van der Waals surface area contributed by atoms with Crippen molar-refractivity contribution in [3.63, 3.8) is 0 Å². The first-order valence-corrected chi connectivity index (χ1v) is 7.31. The average Bonchev–Trinajstić information content (AvgIpc) is 2.39. The molecule has 0 amide bonds. The zero-order chi connectivity index (χ0) is 13.8. The minimum Gasteiger partial charge on any atom is -0.376 e. The third-order valence-electron chi connectivity index (χ3n) is 3.71. The van der Waals surface area contributed by atoms with Crippen LogP contribution in [0.4, 0.5) is 11.4 Å². The van der Waals surface area contributed by atoms with Crippen LogP contribution in [-0.4, -0.2) is 17.5 Å². The van der Waals surface area contributed by atoms with Crippen molar-refractivity contribution in [2.75, 3.05) is 11.9 Å². The number of halogens is 1. The number of hydrogen-bond donors (Lipinski definition) is 2. The van der Waals surface area contributed by atoms with E-state index < -0.39 is 0 Å². The van der Waals surface area contributed by atoms with Gasteiger partial charge in [0.15, 0.2) is 0 Å². The predicted octanol–water partition coefficient (Wildman–Crippen LogP) is 3.29. The minimum atomic E-state index is -0.352. The SMILES string of the molecule is NCC1CCCCC1Nc1cc(Br)ccc1[N+](=O)[O-]. The Morgan fingerprint density at radius 2 is 2.16 bits per heavy atom. The summed E-state index contributed by atoms with van der Waals surface area (Å²) in [6, 6.07) is 5.20. The Labute approximate surface area is 120 Å². The van der Waals surface area contributed by atoms with Crippen LogP contribution >= 0.6 is 15.9 Å². The number of rotatable bonds is 4. The van der Waals surface area contributed by atoms with Gasteiger partial charge in [0.05, 0.1) is 4.92 Å². The maximum atomic E-state index is 11.1. The van der Waals surface area contributed by atoms with E-state index in [9.17, 15) is 10.1 Å². The second-order valence-corrected chi connectivity index (χ2v) is 5.87. The second-order valence-electron chi connectivity index (χ2n) is 4.95. The van der Waals surface area contributed by atoms with Crippen LogP contribution < -0.4 is 11.1 Å². The van der Waals surface area contributed by atoms with Gasteiger partial charge in [0, 0.05) is 16.6 Å². The van der Waals surface area contributed by atoms with Crippen molar-refractivity contribution < 1.29 is 4.92 Å². The molecule has 19 heavy (non-hydrogen) atoms. The molecule has 1 aliphatic rings. The maximum Gasteiger partial charge on any atom is 0.292 e. The van der Waals surface area contributed by atoms with Crippen LogP contribution in [0.25, 0.3) is 0 Å². The van der Waals surface area contributed by atoms with Crippen LogP contribution in [0.1, 0.15) is 25.7 Å². The van der Waals surface area contributed by atoms with E-state index in [-0.39, 0.29) is 16.7 Å². The average molecular weight is 328 g/mol. The van der Waals surface area contributed by atoms with E-state index in [1.165, 1.54) is 12.5 Å². The van der Waals surface area contributed by atoms with Crippen molar-refractivity contribution in [3.8, 4) is 0 Å². The summed E-state index contributed by atoms with van der Waals surface area (Å²) in [5, 5.41) is 14.4. The molecule has 5 nitrogen and oxygen atoms in total. The quantitative estimate of drug-likeness (QED) is 0.656. The van der Waals surface area contributed by atoms with Gasteiger partial charge in [0.25, 0.3) is 5.69 Å². The summed E-state index contributed by atoms with van der Waals surface area (Å²) >= 11 is 3.36. The van der Waals surface area contributed by atoms with Gasteiger partial charge >= 0.3 is 0 Å². The lowest BCUT2D eigenvalue weighted by Crippen LogP contribution is -2.36. The largest absolute Gasteiger partial charge is 0.376 e. The highest BCUT2D eigenvalue weighted by Gasteiger charge is 2.26. The number of nitrogens with one attached hydrogen (secondary N) is 1. The molecule has 2 atom stereocenters. The van der Waals surface area contributed by atoms with E-state index in [2.05, 4.69) is 21.2 Å². The number of nitro benzene ring substituents is 1. The topological polar surface area (TPSA) is 81.2 Å². The Bertz CT molecular complexity index is 467. The van der Waals surface area contributed by atoms with Crippen LogP contribution in [0.2, 0.25) is 0 Å². The Morgan fingerprint density at radius 3 is 2.84 bits per heavy atom. The number of nitrogens with two attached hydrogens (primary N) is 1. The first-order chi connectivity index (χ1) is 9.11. The fourth-order valence-electron chi connectivity index (χ4n) is 2.66. The maximum absolute atomic E-state index is 11.1. The van der Waals surface area contributed by atoms with Crippen molar-refractivity contribution in [1.82, 2.24) is 0 Å². The van der Waals surface area contributed by atoms with E-state index in [1.54, 1.807) is 12.1 Å². The molecule has 0 aliphatic heterocycles. The summed E-state index contributed by atoms with van der Waals surface area (Å²) in [5.41, 5.74) is 6.48.